The van der Waals surface area contributed by atoms with Crippen LogP contribution in [0.4, 0.5) is 10.2 Å². The first-order valence-corrected chi connectivity index (χ1v) is 15.8. The van der Waals surface area contributed by atoms with Crippen LogP contribution in [0.15, 0.2) is 43.1 Å². The van der Waals surface area contributed by atoms with E-state index in [1.165, 1.54) is 29.2 Å². The van der Waals surface area contributed by atoms with Crippen molar-refractivity contribution in [1.82, 2.24) is 24.8 Å². The van der Waals surface area contributed by atoms with Crippen molar-refractivity contribution < 1.29 is 13.9 Å². The maximum absolute atomic E-state index is 14.5. The number of fused-ring (bicyclic) bond motifs is 5. The van der Waals surface area contributed by atoms with Crippen molar-refractivity contribution in [2.24, 2.45) is 5.92 Å². The van der Waals surface area contributed by atoms with Crippen molar-refractivity contribution in [3.8, 4) is 23.2 Å². The Kier molecular flexibility index (Phi) is 6.56. The van der Waals surface area contributed by atoms with Gasteiger partial charge in [-0.25, -0.2) is 4.39 Å². The Hall–Kier alpha value is -4.10. The fraction of sp³-hybridized carbons (Fsp3) is 0.500. The van der Waals surface area contributed by atoms with Gasteiger partial charge in [0.05, 0.1) is 29.6 Å². The molecular weight excluding hydrogens is 557 g/mol. The van der Waals surface area contributed by atoms with Crippen LogP contribution in [-0.4, -0.2) is 87.7 Å². The second kappa shape index (κ2) is 10.5. The number of hydrogen-bond acceptors (Lipinski definition) is 8. The Morgan fingerprint density at radius 2 is 2.16 bits per heavy atom. The van der Waals surface area contributed by atoms with Crippen LogP contribution in [0, 0.1) is 17.2 Å². The van der Waals surface area contributed by atoms with Crippen LogP contribution in [0.1, 0.15) is 49.1 Å². The monoisotopic (exact) mass is 593 g/mol. The zero-order chi connectivity index (χ0) is 30.0. The second-order valence-electron chi connectivity index (χ2n) is 13.2. The van der Waals surface area contributed by atoms with Gasteiger partial charge in [-0.1, -0.05) is 24.8 Å². The summed E-state index contributed by atoms with van der Waals surface area (Å²) in [5, 5.41) is 9.54. The van der Waals surface area contributed by atoms with E-state index in [0.29, 0.717) is 62.0 Å². The Morgan fingerprint density at radius 1 is 1.25 bits per heavy atom. The minimum Gasteiger partial charge on any atom is -0.461 e. The highest BCUT2D eigenvalue weighted by atomic mass is 19.1. The summed E-state index contributed by atoms with van der Waals surface area (Å²) in [6, 6.07) is 10.8. The maximum Gasteiger partial charge on any atom is 0.319 e. The van der Waals surface area contributed by atoms with E-state index < -0.39 is 6.17 Å². The number of anilines is 1. The zero-order valence-electron chi connectivity index (χ0n) is 24.8. The van der Waals surface area contributed by atoms with Crippen LogP contribution >= 0.6 is 0 Å². The van der Waals surface area contributed by atoms with Crippen LogP contribution in [-0.2, 0) is 11.2 Å². The number of ether oxygens (including phenoxy) is 1. The fourth-order valence-electron chi connectivity index (χ4n) is 8.39. The van der Waals surface area contributed by atoms with Crippen molar-refractivity contribution in [1.29, 1.82) is 5.26 Å². The molecule has 3 saturated heterocycles. The van der Waals surface area contributed by atoms with Gasteiger partial charge in [0.1, 0.15) is 18.3 Å². The van der Waals surface area contributed by atoms with Crippen molar-refractivity contribution >= 4 is 22.8 Å². The van der Waals surface area contributed by atoms with Crippen LogP contribution in [0.25, 0.3) is 22.2 Å². The summed E-state index contributed by atoms with van der Waals surface area (Å²) in [5.41, 5.74) is 6.15. The van der Waals surface area contributed by atoms with Gasteiger partial charge in [-0.05, 0) is 72.9 Å². The van der Waals surface area contributed by atoms with Gasteiger partial charge in [0.15, 0.2) is 5.82 Å². The van der Waals surface area contributed by atoms with Crippen molar-refractivity contribution in [2.75, 3.05) is 44.2 Å². The third kappa shape index (κ3) is 4.52. The first kappa shape index (κ1) is 27.4. The molecule has 5 heterocycles. The number of nitrogens with zero attached hydrogens (tertiary/aromatic N) is 7. The molecule has 10 heteroatoms. The van der Waals surface area contributed by atoms with Gasteiger partial charge in [0.25, 0.3) is 0 Å². The van der Waals surface area contributed by atoms with E-state index in [1.54, 1.807) is 4.90 Å². The predicted molar refractivity (Wildman–Crippen MR) is 164 cm³/mol. The van der Waals surface area contributed by atoms with Gasteiger partial charge < -0.3 is 14.5 Å². The Balaban J connectivity index is 1.17. The molecule has 3 aliphatic heterocycles. The fourth-order valence-corrected chi connectivity index (χ4v) is 8.39. The number of carbonyl (C=O) groups is 1. The summed E-state index contributed by atoms with van der Waals surface area (Å²) in [5.74, 6) is 1.86. The Labute approximate surface area is 256 Å². The lowest BCUT2D eigenvalue weighted by molar-refractivity contribution is -0.128. The predicted octanol–water partition coefficient (Wildman–Crippen LogP) is 4.42. The highest BCUT2D eigenvalue weighted by Crippen LogP contribution is 2.58. The van der Waals surface area contributed by atoms with Gasteiger partial charge >= 0.3 is 6.01 Å². The molecule has 0 N–H and O–H groups in total. The molecule has 2 aromatic heterocycles. The molecule has 3 unspecified atom stereocenters. The maximum atomic E-state index is 14.5. The number of benzene rings is 1. The quantitative estimate of drug-likeness (QED) is 0.372. The third-order valence-corrected chi connectivity index (χ3v) is 10.6. The highest BCUT2D eigenvalue weighted by molar-refractivity contribution is 5.90. The molecule has 1 amide bonds. The summed E-state index contributed by atoms with van der Waals surface area (Å²) in [6.07, 6.45) is 7.39. The number of alkyl halides is 1. The third-order valence-electron chi connectivity index (χ3n) is 10.6. The second-order valence-corrected chi connectivity index (χ2v) is 13.2. The van der Waals surface area contributed by atoms with Crippen LogP contribution < -0.4 is 9.64 Å². The standard InChI is InChI=1S/C34H36FN7O2/c1-2-29(43)42-12-11-40(19-25(42)7-9-36)32-31-28(38-33(39-32)44-20-34-8-4-10-41(34)18-24(35)16-34)15-23(17-37-31)26-6-3-5-21-13-22-14-27(22)30(21)26/h2-3,5-6,15,17,22,24-25,27H,1,4,7-8,10-14,16,18-20H2/t22?,24-,25+,27?,34?/m1/s1. The van der Waals surface area contributed by atoms with E-state index in [1.807, 2.05) is 6.20 Å². The van der Waals surface area contributed by atoms with Crippen LogP contribution in [0.2, 0.25) is 0 Å². The minimum atomic E-state index is -0.843. The van der Waals surface area contributed by atoms with Crippen molar-refractivity contribution in [3.63, 3.8) is 0 Å². The van der Waals surface area contributed by atoms with E-state index in [4.69, 9.17) is 19.7 Å². The topological polar surface area (TPSA) is 98.5 Å². The first-order valence-electron chi connectivity index (χ1n) is 15.8. The smallest absolute Gasteiger partial charge is 0.319 e. The molecule has 3 aromatic rings. The number of aromatic nitrogens is 3. The lowest BCUT2D eigenvalue weighted by atomic mass is 9.95. The summed E-state index contributed by atoms with van der Waals surface area (Å²) >= 11 is 0. The number of pyridine rings is 1. The molecule has 8 rings (SSSR count). The Bertz CT molecular complexity index is 1710. The average molecular weight is 594 g/mol. The molecule has 5 aliphatic rings. The molecule has 226 valence electrons. The number of halogens is 1. The number of hydrogen-bond donors (Lipinski definition) is 0. The van der Waals surface area contributed by atoms with Crippen LogP contribution in [0.3, 0.4) is 0 Å². The molecule has 44 heavy (non-hydrogen) atoms. The van der Waals surface area contributed by atoms with E-state index >= 15 is 0 Å². The molecule has 4 fully saturated rings. The highest BCUT2D eigenvalue weighted by Gasteiger charge is 2.49. The van der Waals surface area contributed by atoms with Crippen LogP contribution in [0.5, 0.6) is 6.01 Å². The number of amides is 1. The summed E-state index contributed by atoms with van der Waals surface area (Å²) in [7, 11) is 0. The first-order chi connectivity index (χ1) is 21.5. The Morgan fingerprint density at radius 3 is 3.02 bits per heavy atom. The number of piperazine rings is 1. The minimum absolute atomic E-state index is 0.180. The van der Waals surface area contributed by atoms with Gasteiger partial charge in [-0.2, -0.15) is 15.2 Å². The van der Waals surface area contributed by atoms with Gasteiger partial charge in [-0.3, -0.25) is 14.7 Å². The van der Waals surface area contributed by atoms with Gasteiger partial charge in [0, 0.05) is 44.4 Å². The molecule has 1 saturated carbocycles. The molecule has 0 spiro atoms. The molecule has 0 bridgehead atoms. The van der Waals surface area contributed by atoms with Crippen molar-refractivity contribution in [2.45, 2.75) is 62.2 Å². The van der Waals surface area contributed by atoms with Gasteiger partial charge in [0.2, 0.25) is 5.91 Å². The van der Waals surface area contributed by atoms with E-state index in [9.17, 15) is 14.4 Å². The normalized spacial score (nSPS) is 28.8. The molecule has 1 aromatic carbocycles. The SMILES string of the molecule is C=CC(=O)N1CCN(c2nc(OCC34CCCN3C[C@H](F)C4)nc3cc(-c4cccc5c4C4CC4C5)cnc23)C[C@@H]1CC#N. The molecule has 5 atom stereocenters. The molecular formula is C34H36FN7O2. The number of carbonyl (C=O) groups excluding carboxylic acids is 1. The number of nitriles is 1. The number of rotatable bonds is 7. The van der Waals surface area contributed by atoms with Gasteiger partial charge in [-0.15, -0.1) is 0 Å². The zero-order valence-corrected chi connectivity index (χ0v) is 24.8. The van der Waals surface area contributed by atoms with E-state index in [2.05, 4.69) is 46.7 Å². The van der Waals surface area contributed by atoms with Crippen molar-refractivity contribution in [3.05, 3.63) is 54.2 Å². The largest absolute Gasteiger partial charge is 0.461 e. The van der Waals surface area contributed by atoms with E-state index in [0.717, 1.165) is 37.3 Å². The summed E-state index contributed by atoms with van der Waals surface area (Å²) in [4.78, 5) is 33.3. The lowest BCUT2D eigenvalue weighted by Crippen LogP contribution is -2.55. The summed E-state index contributed by atoms with van der Waals surface area (Å²) < 4.78 is 20.8. The molecule has 0 radical (unpaired) electrons. The van der Waals surface area contributed by atoms with E-state index in [-0.39, 0.29) is 29.9 Å². The molecule has 2 aliphatic carbocycles. The molecule has 9 nitrogen and oxygen atoms in total. The average Bonchev–Trinajstić information content (AvgIpc) is 3.36. The summed E-state index contributed by atoms with van der Waals surface area (Å²) in [6.45, 7) is 6.70. The lowest BCUT2D eigenvalue weighted by Gasteiger charge is -2.40.